The fraction of sp³-hybridized carbons (Fsp3) is 0.333. The van der Waals surface area contributed by atoms with Gasteiger partial charge >= 0.3 is 0 Å². The number of aryl methyl sites for hydroxylation is 2. The molecule has 0 saturated carbocycles. The van der Waals surface area contributed by atoms with Crippen molar-refractivity contribution in [3.8, 4) is 5.75 Å². The van der Waals surface area contributed by atoms with Crippen molar-refractivity contribution in [1.82, 2.24) is 0 Å². The second-order valence-electron chi connectivity index (χ2n) is 5.37. The maximum absolute atomic E-state index is 10.3. The first-order valence-corrected chi connectivity index (χ1v) is 6.95. The number of aliphatic hydroxyl groups is 1. The second kappa shape index (κ2) is 6.58. The van der Waals surface area contributed by atoms with Gasteiger partial charge in [0.2, 0.25) is 0 Å². The predicted molar refractivity (Wildman–Crippen MR) is 82.3 cm³/mol. The molecule has 0 amide bonds. The maximum atomic E-state index is 10.3. The van der Waals surface area contributed by atoms with Gasteiger partial charge in [-0.15, -0.1) is 0 Å². The van der Waals surface area contributed by atoms with Crippen molar-refractivity contribution < 1.29 is 9.84 Å². The van der Waals surface area contributed by atoms with Crippen LogP contribution < -0.4 is 4.74 Å². The van der Waals surface area contributed by atoms with Crippen LogP contribution in [-0.4, -0.2) is 18.3 Å². The molecule has 0 radical (unpaired) electrons. The van der Waals surface area contributed by atoms with E-state index in [9.17, 15) is 5.11 Å². The highest BCUT2D eigenvalue weighted by atomic mass is 16.5. The van der Waals surface area contributed by atoms with Crippen molar-refractivity contribution in [2.45, 2.75) is 32.8 Å². The Morgan fingerprint density at radius 1 is 1.00 bits per heavy atom. The third-order valence-corrected chi connectivity index (χ3v) is 3.40. The van der Waals surface area contributed by atoms with Gasteiger partial charge in [-0.3, -0.25) is 0 Å². The minimum absolute atomic E-state index is 0.396. The molecular formula is C18H22O2. The topological polar surface area (TPSA) is 29.5 Å². The normalized spacial score (nSPS) is 12.2. The smallest absolute Gasteiger partial charge is 0.122 e. The van der Waals surface area contributed by atoms with E-state index in [-0.39, 0.29) is 0 Å². The summed E-state index contributed by atoms with van der Waals surface area (Å²) in [5.74, 6) is 0.840. The first kappa shape index (κ1) is 14.6. The van der Waals surface area contributed by atoms with Crippen molar-refractivity contribution in [3.05, 3.63) is 64.7 Å². The van der Waals surface area contributed by atoms with Crippen LogP contribution in [-0.2, 0) is 12.8 Å². The van der Waals surface area contributed by atoms with Crippen LogP contribution in [0, 0.1) is 13.8 Å². The highest BCUT2D eigenvalue weighted by Crippen LogP contribution is 2.20. The maximum Gasteiger partial charge on any atom is 0.122 e. The lowest BCUT2D eigenvalue weighted by Gasteiger charge is -2.14. The molecule has 2 aromatic carbocycles. The van der Waals surface area contributed by atoms with Crippen LogP contribution in [0.5, 0.6) is 5.75 Å². The van der Waals surface area contributed by atoms with E-state index in [1.165, 1.54) is 16.7 Å². The van der Waals surface area contributed by atoms with E-state index in [0.717, 1.165) is 11.3 Å². The Kier molecular flexibility index (Phi) is 4.80. The lowest BCUT2D eigenvalue weighted by atomic mass is 9.98. The van der Waals surface area contributed by atoms with Crippen LogP contribution in [0.15, 0.2) is 42.5 Å². The van der Waals surface area contributed by atoms with Crippen molar-refractivity contribution in [2.24, 2.45) is 0 Å². The summed E-state index contributed by atoms with van der Waals surface area (Å²) in [4.78, 5) is 0. The number of hydrogen-bond donors (Lipinski definition) is 1. The van der Waals surface area contributed by atoms with Crippen LogP contribution in [0.25, 0.3) is 0 Å². The summed E-state index contributed by atoms with van der Waals surface area (Å²) in [6.45, 7) is 4.17. The molecule has 0 spiro atoms. The molecule has 1 unspecified atom stereocenters. The molecule has 2 nitrogen and oxygen atoms in total. The number of rotatable bonds is 5. The standard InChI is InChI=1S/C18H22O2/c1-13-8-14(2)10-15(9-13)11-17(19)12-16-6-4-5-7-18(16)20-3/h4-10,17,19H,11-12H2,1-3H3. The lowest BCUT2D eigenvalue weighted by molar-refractivity contribution is 0.174. The zero-order valence-electron chi connectivity index (χ0n) is 12.4. The minimum Gasteiger partial charge on any atom is -0.496 e. The number of hydrogen-bond acceptors (Lipinski definition) is 2. The summed E-state index contributed by atoms with van der Waals surface area (Å²) in [6, 6.07) is 14.3. The van der Waals surface area contributed by atoms with Gasteiger partial charge in [0.05, 0.1) is 13.2 Å². The van der Waals surface area contributed by atoms with Gasteiger partial charge in [0.25, 0.3) is 0 Å². The third-order valence-electron chi connectivity index (χ3n) is 3.40. The Morgan fingerprint density at radius 3 is 2.30 bits per heavy atom. The Hall–Kier alpha value is -1.80. The molecule has 0 aromatic heterocycles. The molecule has 0 aliphatic heterocycles. The number of ether oxygens (including phenoxy) is 1. The van der Waals surface area contributed by atoms with Gasteiger partial charge in [0.1, 0.15) is 5.75 Å². The molecule has 2 aromatic rings. The molecule has 2 rings (SSSR count). The Bertz CT molecular complexity index is 555. The average molecular weight is 270 g/mol. The van der Waals surface area contributed by atoms with Gasteiger partial charge in [-0.25, -0.2) is 0 Å². The third kappa shape index (κ3) is 3.84. The van der Waals surface area contributed by atoms with Crippen molar-refractivity contribution >= 4 is 0 Å². The highest BCUT2D eigenvalue weighted by molar-refractivity contribution is 5.34. The van der Waals surface area contributed by atoms with Crippen molar-refractivity contribution in [3.63, 3.8) is 0 Å². The fourth-order valence-electron chi connectivity index (χ4n) is 2.66. The fourth-order valence-corrected chi connectivity index (χ4v) is 2.66. The van der Waals surface area contributed by atoms with E-state index in [4.69, 9.17) is 4.74 Å². The molecular weight excluding hydrogens is 248 g/mol. The van der Waals surface area contributed by atoms with Crippen LogP contribution in [0.4, 0.5) is 0 Å². The lowest BCUT2D eigenvalue weighted by Crippen LogP contribution is -2.14. The summed E-state index contributed by atoms with van der Waals surface area (Å²) in [7, 11) is 1.66. The van der Waals surface area contributed by atoms with Gasteiger partial charge in [-0.1, -0.05) is 47.5 Å². The first-order valence-electron chi connectivity index (χ1n) is 6.95. The zero-order chi connectivity index (χ0) is 14.5. The summed E-state index contributed by atoms with van der Waals surface area (Å²) < 4.78 is 5.32. The van der Waals surface area contributed by atoms with Crippen LogP contribution in [0.1, 0.15) is 22.3 Å². The van der Waals surface area contributed by atoms with E-state index < -0.39 is 6.10 Å². The molecule has 2 heteroatoms. The molecule has 0 saturated heterocycles. The van der Waals surface area contributed by atoms with E-state index >= 15 is 0 Å². The molecule has 0 aliphatic carbocycles. The van der Waals surface area contributed by atoms with E-state index in [1.807, 2.05) is 24.3 Å². The quantitative estimate of drug-likeness (QED) is 0.901. The Labute approximate surface area is 121 Å². The largest absolute Gasteiger partial charge is 0.496 e. The zero-order valence-corrected chi connectivity index (χ0v) is 12.4. The minimum atomic E-state index is -0.396. The summed E-state index contributed by atoms with van der Waals surface area (Å²) >= 11 is 0. The van der Waals surface area contributed by atoms with Crippen LogP contribution in [0.3, 0.4) is 0 Å². The van der Waals surface area contributed by atoms with Crippen LogP contribution in [0.2, 0.25) is 0 Å². The number of aliphatic hydroxyl groups excluding tert-OH is 1. The van der Waals surface area contributed by atoms with Gasteiger partial charge in [-0.05, 0) is 37.5 Å². The van der Waals surface area contributed by atoms with Gasteiger partial charge in [0.15, 0.2) is 0 Å². The molecule has 0 heterocycles. The van der Waals surface area contributed by atoms with Gasteiger partial charge in [0, 0.05) is 6.42 Å². The summed E-state index contributed by atoms with van der Waals surface area (Å²) in [5, 5.41) is 10.3. The molecule has 0 bridgehead atoms. The Balaban J connectivity index is 2.07. The highest BCUT2D eigenvalue weighted by Gasteiger charge is 2.10. The predicted octanol–water partition coefficient (Wildman–Crippen LogP) is 3.46. The molecule has 0 aliphatic rings. The van der Waals surface area contributed by atoms with Gasteiger partial charge < -0.3 is 9.84 Å². The van der Waals surface area contributed by atoms with Crippen LogP contribution >= 0.6 is 0 Å². The van der Waals surface area contributed by atoms with E-state index in [2.05, 4.69) is 32.0 Å². The SMILES string of the molecule is COc1ccccc1CC(O)Cc1cc(C)cc(C)c1. The molecule has 1 N–H and O–H groups in total. The molecule has 20 heavy (non-hydrogen) atoms. The first-order chi connectivity index (χ1) is 9.58. The van der Waals surface area contributed by atoms with Gasteiger partial charge in [-0.2, -0.15) is 0 Å². The van der Waals surface area contributed by atoms with E-state index in [1.54, 1.807) is 7.11 Å². The number of para-hydroxylation sites is 1. The molecule has 0 fully saturated rings. The number of benzene rings is 2. The molecule has 1 atom stereocenters. The number of methoxy groups -OCH3 is 1. The van der Waals surface area contributed by atoms with E-state index in [0.29, 0.717) is 12.8 Å². The monoisotopic (exact) mass is 270 g/mol. The Morgan fingerprint density at radius 2 is 1.65 bits per heavy atom. The summed E-state index contributed by atoms with van der Waals surface area (Å²) in [6.07, 6.45) is 0.880. The second-order valence-corrected chi connectivity index (χ2v) is 5.37. The summed E-state index contributed by atoms with van der Waals surface area (Å²) in [5.41, 5.74) is 4.71. The average Bonchev–Trinajstić information content (AvgIpc) is 2.37. The van der Waals surface area contributed by atoms with Crippen molar-refractivity contribution in [2.75, 3.05) is 7.11 Å². The molecule has 106 valence electrons. The van der Waals surface area contributed by atoms with Crippen molar-refractivity contribution in [1.29, 1.82) is 0 Å².